The molecule has 108 valence electrons. The number of benzene rings is 1. The average molecular weight is 393 g/mol. The zero-order valence-corrected chi connectivity index (χ0v) is 13.3. The van der Waals surface area contributed by atoms with Gasteiger partial charge in [0, 0.05) is 10.7 Å². The lowest BCUT2D eigenvalue weighted by atomic mass is 10.3. The van der Waals surface area contributed by atoms with E-state index in [2.05, 4.69) is 25.9 Å². The van der Waals surface area contributed by atoms with Crippen molar-refractivity contribution >= 4 is 50.3 Å². The summed E-state index contributed by atoms with van der Waals surface area (Å²) in [5.74, 6) is -1.24. The van der Waals surface area contributed by atoms with Gasteiger partial charge < -0.3 is 0 Å². The van der Waals surface area contributed by atoms with E-state index in [4.69, 9.17) is 23.2 Å². The molecule has 0 fully saturated rings. The summed E-state index contributed by atoms with van der Waals surface area (Å²) in [6, 6.07) is 3.89. The van der Waals surface area contributed by atoms with Gasteiger partial charge in [0.25, 0.3) is 0 Å². The summed E-state index contributed by atoms with van der Waals surface area (Å²) < 4.78 is 29.9. The van der Waals surface area contributed by atoms with E-state index in [0.29, 0.717) is 15.0 Å². The van der Waals surface area contributed by atoms with E-state index in [-0.39, 0.29) is 23.0 Å². The maximum absolute atomic E-state index is 14.2. The van der Waals surface area contributed by atoms with Gasteiger partial charge in [-0.3, -0.25) is 4.57 Å². The number of fused-ring (bicyclic) bond motifs is 1. The molecule has 0 radical (unpaired) electrons. The molecule has 0 aliphatic rings. The molecule has 2 aromatic heterocycles. The maximum atomic E-state index is 14.2. The number of hydrogen-bond donors (Lipinski definition) is 0. The molecule has 21 heavy (non-hydrogen) atoms. The molecule has 8 heteroatoms. The van der Waals surface area contributed by atoms with Crippen molar-refractivity contribution < 1.29 is 8.78 Å². The molecule has 0 aliphatic heterocycles. The van der Waals surface area contributed by atoms with Gasteiger partial charge in [-0.05, 0) is 18.2 Å². The Morgan fingerprint density at radius 2 is 1.86 bits per heavy atom. The van der Waals surface area contributed by atoms with E-state index < -0.39 is 11.6 Å². The predicted octanol–water partition coefficient (Wildman–Crippen LogP) is 4.85. The lowest BCUT2D eigenvalue weighted by Crippen LogP contribution is -2.06. The van der Waals surface area contributed by atoms with E-state index in [1.54, 1.807) is 6.07 Å². The Labute approximate surface area is 136 Å². The minimum absolute atomic E-state index is 0.0249. The van der Waals surface area contributed by atoms with Gasteiger partial charge in [0.1, 0.15) is 17.0 Å². The van der Waals surface area contributed by atoms with Crippen LogP contribution in [0.15, 0.2) is 28.9 Å². The fourth-order valence-electron chi connectivity index (χ4n) is 2.06. The second kappa shape index (κ2) is 5.51. The summed E-state index contributed by atoms with van der Waals surface area (Å²) in [6.45, 7) is 0. The number of hydrogen-bond acceptors (Lipinski definition) is 2. The molecular weight excluding hydrogens is 387 g/mol. The zero-order valence-electron chi connectivity index (χ0n) is 10.2. The third kappa shape index (κ3) is 2.52. The number of halogens is 5. The van der Waals surface area contributed by atoms with Crippen molar-refractivity contribution in [1.29, 1.82) is 0 Å². The third-order valence-electron chi connectivity index (χ3n) is 2.86. The zero-order chi connectivity index (χ0) is 15.1. The van der Waals surface area contributed by atoms with Crippen LogP contribution in [0.1, 0.15) is 5.82 Å². The molecule has 0 spiro atoms. The minimum Gasteiger partial charge on any atom is -0.274 e. The molecule has 3 rings (SSSR count). The number of alkyl halides is 1. The van der Waals surface area contributed by atoms with Gasteiger partial charge in [-0.25, -0.2) is 18.7 Å². The fraction of sp³-hybridized carbons (Fsp3) is 0.0769. The highest BCUT2D eigenvalue weighted by atomic mass is 79.9. The third-order valence-corrected chi connectivity index (χ3v) is 3.76. The van der Waals surface area contributed by atoms with Gasteiger partial charge in [0.15, 0.2) is 17.3 Å². The SMILES string of the molecule is Fc1cc(Br)cc(F)c1-n1c(CCl)nc2cc(Cl)cnc21. The highest BCUT2D eigenvalue weighted by molar-refractivity contribution is 9.10. The van der Waals surface area contributed by atoms with Crippen molar-refractivity contribution in [3.05, 3.63) is 51.4 Å². The van der Waals surface area contributed by atoms with Gasteiger partial charge in [0.05, 0.1) is 10.9 Å². The average Bonchev–Trinajstić information content (AvgIpc) is 2.75. The molecule has 0 saturated carbocycles. The molecule has 0 unspecified atom stereocenters. The number of nitrogens with zero attached hydrogens (tertiary/aromatic N) is 3. The molecule has 0 saturated heterocycles. The van der Waals surface area contributed by atoms with Crippen LogP contribution in [0.25, 0.3) is 16.9 Å². The largest absolute Gasteiger partial charge is 0.274 e. The molecule has 0 N–H and O–H groups in total. The van der Waals surface area contributed by atoms with E-state index in [1.165, 1.54) is 10.8 Å². The second-order valence-electron chi connectivity index (χ2n) is 4.21. The summed E-state index contributed by atoms with van der Waals surface area (Å²) in [6.07, 6.45) is 1.38. The van der Waals surface area contributed by atoms with E-state index in [9.17, 15) is 8.78 Å². The predicted molar refractivity (Wildman–Crippen MR) is 81.0 cm³/mol. The van der Waals surface area contributed by atoms with Crippen molar-refractivity contribution in [2.75, 3.05) is 0 Å². The molecule has 3 nitrogen and oxygen atoms in total. The number of rotatable bonds is 2. The molecule has 0 amide bonds. The lowest BCUT2D eigenvalue weighted by molar-refractivity contribution is 0.567. The van der Waals surface area contributed by atoms with E-state index >= 15 is 0 Å². The van der Waals surface area contributed by atoms with Crippen molar-refractivity contribution in [2.45, 2.75) is 5.88 Å². The van der Waals surface area contributed by atoms with Crippen LogP contribution in [-0.4, -0.2) is 14.5 Å². The maximum Gasteiger partial charge on any atom is 0.164 e. The van der Waals surface area contributed by atoms with Crippen LogP contribution in [0.4, 0.5) is 8.78 Å². The normalized spacial score (nSPS) is 11.3. The Morgan fingerprint density at radius 1 is 1.19 bits per heavy atom. The Morgan fingerprint density at radius 3 is 2.48 bits per heavy atom. The van der Waals surface area contributed by atoms with Gasteiger partial charge >= 0.3 is 0 Å². The van der Waals surface area contributed by atoms with E-state index in [1.807, 2.05) is 0 Å². The quantitative estimate of drug-likeness (QED) is 0.583. The smallest absolute Gasteiger partial charge is 0.164 e. The van der Waals surface area contributed by atoms with Gasteiger partial charge in [-0.15, -0.1) is 11.6 Å². The summed E-state index contributed by atoms with van der Waals surface area (Å²) in [5, 5.41) is 0.380. The van der Waals surface area contributed by atoms with Crippen molar-refractivity contribution in [3.8, 4) is 5.69 Å². The molecule has 1 aromatic carbocycles. The standard InChI is InChI=1S/C13H6BrCl2F2N3/c14-6-1-8(17)12(9(18)2-6)21-11(4-15)20-10-3-7(16)5-19-13(10)21/h1-3,5H,4H2. The van der Waals surface area contributed by atoms with Crippen LogP contribution in [0.5, 0.6) is 0 Å². The minimum atomic E-state index is -0.746. The molecule has 0 atom stereocenters. The van der Waals surface area contributed by atoms with Gasteiger partial charge in [-0.2, -0.15) is 0 Å². The Hall–Kier alpha value is -1.24. The van der Waals surface area contributed by atoms with Gasteiger partial charge in [-0.1, -0.05) is 27.5 Å². The van der Waals surface area contributed by atoms with Crippen LogP contribution < -0.4 is 0 Å². The highest BCUT2D eigenvalue weighted by Crippen LogP contribution is 2.28. The first kappa shape index (κ1) is 14.7. The first-order valence-corrected chi connectivity index (χ1v) is 7.45. The Kier molecular flexibility index (Phi) is 3.86. The summed E-state index contributed by atoms with van der Waals surface area (Å²) in [5.41, 5.74) is 0.432. The van der Waals surface area contributed by atoms with Crippen LogP contribution in [-0.2, 0) is 5.88 Å². The molecule has 0 aliphatic carbocycles. The van der Waals surface area contributed by atoms with Crippen molar-refractivity contribution in [3.63, 3.8) is 0 Å². The summed E-state index contributed by atoms with van der Waals surface area (Å²) >= 11 is 14.7. The lowest BCUT2D eigenvalue weighted by Gasteiger charge is -2.10. The fourth-order valence-corrected chi connectivity index (χ4v) is 2.79. The van der Waals surface area contributed by atoms with Crippen LogP contribution in [0.2, 0.25) is 5.02 Å². The highest BCUT2D eigenvalue weighted by Gasteiger charge is 2.20. The topological polar surface area (TPSA) is 30.7 Å². The van der Waals surface area contributed by atoms with Crippen LogP contribution >= 0.6 is 39.1 Å². The Balaban J connectivity index is 2.39. The Bertz CT molecular complexity index is 828. The first-order valence-electron chi connectivity index (χ1n) is 5.75. The first-order chi connectivity index (χ1) is 10.0. The molecule has 2 heterocycles. The summed E-state index contributed by atoms with van der Waals surface area (Å²) in [4.78, 5) is 8.31. The molecular formula is C13H6BrCl2F2N3. The molecule has 0 bridgehead atoms. The number of aromatic nitrogens is 3. The van der Waals surface area contributed by atoms with Crippen molar-refractivity contribution in [2.24, 2.45) is 0 Å². The summed E-state index contributed by atoms with van der Waals surface area (Å²) in [7, 11) is 0. The van der Waals surface area contributed by atoms with Crippen molar-refractivity contribution in [1.82, 2.24) is 14.5 Å². The molecule has 3 aromatic rings. The number of imidazole rings is 1. The van der Waals surface area contributed by atoms with E-state index in [0.717, 1.165) is 12.1 Å². The number of pyridine rings is 1. The second-order valence-corrected chi connectivity index (χ2v) is 5.83. The monoisotopic (exact) mass is 391 g/mol. The van der Waals surface area contributed by atoms with Crippen LogP contribution in [0, 0.1) is 11.6 Å². The van der Waals surface area contributed by atoms with Crippen LogP contribution in [0.3, 0.4) is 0 Å². The van der Waals surface area contributed by atoms with Gasteiger partial charge in [0.2, 0.25) is 0 Å².